The van der Waals surface area contributed by atoms with Gasteiger partial charge < -0.3 is 14.2 Å². The molecule has 2 amide bonds. The zero-order valence-electron chi connectivity index (χ0n) is 15.2. The Morgan fingerprint density at radius 3 is 2.70 bits per heavy atom. The standard InChI is InChI=1S/C19H19NO6S/c1-5-9-26-14-8-7-13(10-15(14)25-6-2)11-16-17(21)20(19(23)27-16)12(3)18(22)24-4/h1,7-8,10-12H,6,9H2,2-4H3/b16-11-/t12-/m1/s1. The normalized spacial score (nSPS) is 16.2. The minimum absolute atomic E-state index is 0.101. The zero-order valence-corrected chi connectivity index (χ0v) is 16.0. The number of amides is 2. The predicted octanol–water partition coefficient (Wildman–Crippen LogP) is 2.70. The molecule has 0 saturated carbocycles. The lowest BCUT2D eigenvalue weighted by atomic mass is 10.1. The van der Waals surface area contributed by atoms with Gasteiger partial charge in [0, 0.05) is 0 Å². The van der Waals surface area contributed by atoms with Crippen molar-refractivity contribution in [1.29, 1.82) is 0 Å². The van der Waals surface area contributed by atoms with Crippen LogP contribution < -0.4 is 9.47 Å². The molecular formula is C19H19NO6S. The summed E-state index contributed by atoms with van der Waals surface area (Å²) in [6.07, 6.45) is 6.76. The third kappa shape index (κ3) is 4.63. The van der Waals surface area contributed by atoms with Crippen molar-refractivity contribution < 1.29 is 28.6 Å². The minimum Gasteiger partial charge on any atom is -0.490 e. The highest BCUT2D eigenvalue weighted by atomic mass is 32.2. The van der Waals surface area contributed by atoms with Gasteiger partial charge >= 0.3 is 5.97 Å². The molecule has 0 radical (unpaired) electrons. The average molecular weight is 389 g/mol. The molecule has 1 fully saturated rings. The number of methoxy groups -OCH3 is 1. The summed E-state index contributed by atoms with van der Waals surface area (Å²) in [5.41, 5.74) is 0.641. The Hall–Kier alpha value is -2.92. The summed E-state index contributed by atoms with van der Waals surface area (Å²) in [4.78, 5) is 37.4. The predicted molar refractivity (Wildman–Crippen MR) is 101 cm³/mol. The number of carbonyl (C=O) groups is 3. The van der Waals surface area contributed by atoms with Crippen molar-refractivity contribution in [1.82, 2.24) is 4.90 Å². The van der Waals surface area contributed by atoms with Gasteiger partial charge in [-0.3, -0.25) is 14.5 Å². The Morgan fingerprint density at radius 2 is 2.07 bits per heavy atom. The minimum atomic E-state index is -0.994. The molecule has 1 aliphatic rings. The first kappa shape index (κ1) is 20.4. The molecule has 7 nitrogen and oxygen atoms in total. The molecule has 0 unspecified atom stereocenters. The summed E-state index contributed by atoms with van der Waals surface area (Å²) in [6, 6.07) is 4.08. The van der Waals surface area contributed by atoms with Gasteiger partial charge in [0.05, 0.1) is 18.6 Å². The number of rotatable bonds is 7. The van der Waals surface area contributed by atoms with Gasteiger partial charge in [-0.1, -0.05) is 12.0 Å². The molecule has 1 saturated heterocycles. The Kier molecular flexibility index (Phi) is 6.91. The number of imide groups is 1. The number of hydrogen-bond donors (Lipinski definition) is 0. The molecule has 8 heteroatoms. The fourth-order valence-corrected chi connectivity index (χ4v) is 3.27. The Morgan fingerprint density at radius 1 is 1.33 bits per heavy atom. The van der Waals surface area contributed by atoms with E-state index in [0.717, 1.165) is 16.7 Å². The van der Waals surface area contributed by atoms with Gasteiger partial charge in [0.15, 0.2) is 11.5 Å². The van der Waals surface area contributed by atoms with Gasteiger partial charge in [0.25, 0.3) is 11.1 Å². The van der Waals surface area contributed by atoms with Crippen molar-refractivity contribution in [3.05, 3.63) is 28.7 Å². The van der Waals surface area contributed by atoms with E-state index in [1.54, 1.807) is 24.3 Å². The molecule has 0 aromatic heterocycles. The molecule has 2 rings (SSSR count). The molecule has 1 heterocycles. The van der Waals surface area contributed by atoms with Gasteiger partial charge in [-0.05, 0) is 49.4 Å². The van der Waals surface area contributed by atoms with Gasteiger partial charge in [-0.25, -0.2) is 4.79 Å². The maximum Gasteiger partial charge on any atom is 0.328 e. The molecule has 0 aliphatic carbocycles. The summed E-state index contributed by atoms with van der Waals surface area (Å²) in [5.74, 6) is 2.13. The second kappa shape index (κ2) is 9.14. The van der Waals surface area contributed by atoms with Crippen LogP contribution in [0.4, 0.5) is 4.79 Å². The van der Waals surface area contributed by atoms with Gasteiger partial charge in [0.2, 0.25) is 0 Å². The third-order valence-corrected chi connectivity index (χ3v) is 4.51. The maximum absolute atomic E-state index is 12.5. The lowest BCUT2D eigenvalue weighted by Gasteiger charge is -2.18. The third-order valence-electron chi connectivity index (χ3n) is 3.63. The van der Waals surface area contributed by atoms with Crippen LogP contribution in [0.2, 0.25) is 0 Å². The monoisotopic (exact) mass is 389 g/mol. The van der Waals surface area contributed by atoms with E-state index in [9.17, 15) is 14.4 Å². The quantitative estimate of drug-likeness (QED) is 0.403. The van der Waals surface area contributed by atoms with Crippen LogP contribution in [-0.2, 0) is 14.3 Å². The van der Waals surface area contributed by atoms with Crippen molar-refractivity contribution in [3.63, 3.8) is 0 Å². The second-order valence-corrected chi connectivity index (χ2v) is 6.38. The fourth-order valence-electron chi connectivity index (χ4n) is 2.36. The second-order valence-electron chi connectivity index (χ2n) is 5.38. The fraction of sp³-hybridized carbons (Fsp3) is 0.316. The van der Waals surface area contributed by atoms with E-state index >= 15 is 0 Å². The van der Waals surface area contributed by atoms with Crippen molar-refractivity contribution >= 4 is 35.0 Å². The van der Waals surface area contributed by atoms with Crippen LogP contribution in [0, 0.1) is 12.3 Å². The largest absolute Gasteiger partial charge is 0.490 e. The Bertz CT molecular complexity index is 826. The molecule has 1 aromatic rings. The first-order chi connectivity index (χ1) is 12.9. The van der Waals surface area contributed by atoms with E-state index in [1.807, 2.05) is 6.92 Å². The Labute approximate surface area is 161 Å². The van der Waals surface area contributed by atoms with Gasteiger partial charge in [-0.2, -0.15) is 0 Å². The highest BCUT2D eigenvalue weighted by Gasteiger charge is 2.41. The summed E-state index contributed by atoms with van der Waals surface area (Å²) in [7, 11) is 1.20. The molecule has 27 heavy (non-hydrogen) atoms. The lowest BCUT2D eigenvalue weighted by molar-refractivity contribution is -0.148. The zero-order chi connectivity index (χ0) is 20.0. The van der Waals surface area contributed by atoms with Crippen molar-refractivity contribution in [3.8, 4) is 23.8 Å². The first-order valence-corrected chi connectivity index (χ1v) is 8.92. The number of ether oxygens (including phenoxy) is 3. The van der Waals surface area contributed by atoms with Gasteiger partial charge in [-0.15, -0.1) is 6.42 Å². The maximum atomic E-state index is 12.5. The van der Waals surface area contributed by atoms with Crippen molar-refractivity contribution in [2.24, 2.45) is 0 Å². The van der Waals surface area contributed by atoms with E-state index in [4.69, 9.17) is 15.9 Å². The molecule has 142 valence electrons. The van der Waals surface area contributed by atoms with Crippen LogP contribution in [0.25, 0.3) is 6.08 Å². The van der Waals surface area contributed by atoms with E-state index in [0.29, 0.717) is 23.7 Å². The Balaban J connectivity index is 2.29. The SMILES string of the molecule is C#CCOc1ccc(/C=C2\SC(=O)N([C@H](C)C(=O)OC)C2=O)cc1OCC. The highest BCUT2D eigenvalue weighted by molar-refractivity contribution is 8.18. The molecule has 0 bridgehead atoms. The number of carbonyl (C=O) groups excluding carboxylic acids is 3. The lowest BCUT2D eigenvalue weighted by Crippen LogP contribution is -2.42. The van der Waals surface area contributed by atoms with E-state index in [1.165, 1.54) is 14.0 Å². The van der Waals surface area contributed by atoms with Crippen LogP contribution >= 0.6 is 11.8 Å². The number of thioether (sulfide) groups is 1. The van der Waals surface area contributed by atoms with Crippen LogP contribution in [0.3, 0.4) is 0 Å². The van der Waals surface area contributed by atoms with Crippen LogP contribution in [-0.4, -0.2) is 48.4 Å². The van der Waals surface area contributed by atoms with Crippen molar-refractivity contribution in [2.45, 2.75) is 19.9 Å². The number of terminal acetylenes is 1. The van der Waals surface area contributed by atoms with Crippen LogP contribution in [0.1, 0.15) is 19.4 Å². The molecule has 0 spiro atoms. The van der Waals surface area contributed by atoms with Gasteiger partial charge in [0.1, 0.15) is 12.6 Å². The molecule has 1 atom stereocenters. The molecule has 0 N–H and O–H groups in total. The van der Waals surface area contributed by atoms with E-state index in [-0.39, 0.29) is 11.5 Å². The number of nitrogens with zero attached hydrogens (tertiary/aromatic N) is 1. The first-order valence-electron chi connectivity index (χ1n) is 8.10. The summed E-state index contributed by atoms with van der Waals surface area (Å²) >= 11 is 0.762. The smallest absolute Gasteiger partial charge is 0.328 e. The molecular weight excluding hydrogens is 370 g/mol. The van der Waals surface area contributed by atoms with E-state index < -0.39 is 23.2 Å². The number of benzene rings is 1. The van der Waals surface area contributed by atoms with E-state index in [2.05, 4.69) is 10.7 Å². The molecule has 1 aromatic carbocycles. The highest BCUT2D eigenvalue weighted by Crippen LogP contribution is 2.35. The average Bonchev–Trinajstić information content (AvgIpc) is 2.93. The summed E-state index contributed by atoms with van der Waals surface area (Å²) < 4.78 is 15.6. The van der Waals surface area contributed by atoms with Crippen LogP contribution in [0.15, 0.2) is 23.1 Å². The van der Waals surface area contributed by atoms with Crippen molar-refractivity contribution in [2.75, 3.05) is 20.3 Å². The topological polar surface area (TPSA) is 82.1 Å². The molecule has 1 aliphatic heterocycles. The summed E-state index contributed by atoms with van der Waals surface area (Å²) in [5, 5.41) is -0.525. The number of esters is 1. The van der Waals surface area contributed by atoms with Crippen LogP contribution in [0.5, 0.6) is 11.5 Å². The summed E-state index contributed by atoms with van der Waals surface area (Å²) in [6.45, 7) is 3.79. The number of hydrogen-bond acceptors (Lipinski definition) is 7.